The van der Waals surface area contributed by atoms with Crippen molar-refractivity contribution in [2.45, 2.75) is 18.9 Å². The monoisotopic (exact) mass is 232 g/mol. The van der Waals surface area contributed by atoms with Crippen molar-refractivity contribution in [1.29, 1.82) is 0 Å². The molecule has 3 rings (SSSR count). The van der Waals surface area contributed by atoms with Crippen LogP contribution in [0.5, 0.6) is 5.75 Å². The highest BCUT2D eigenvalue weighted by molar-refractivity contribution is 5.84. The lowest BCUT2D eigenvalue weighted by Crippen LogP contribution is -2.56. The van der Waals surface area contributed by atoms with Crippen molar-refractivity contribution in [3.63, 3.8) is 0 Å². The minimum absolute atomic E-state index is 0.108. The lowest BCUT2D eigenvalue weighted by molar-refractivity contribution is -0.120. The van der Waals surface area contributed by atoms with Crippen LogP contribution in [0.2, 0.25) is 0 Å². The predicted octanol–water partition coefficient (Wildman–Crippen LogP) is 0.946. The summed E-state index contributed by atoms with van der Waals surface area (Å²) in [5.41, 5.74) is 2.48. The summed E-state index contributed by atoms with van der Waals surface area (Å²) in [7, 11) is 1.67. The quantitative estimate of drug-likeness (QED) is 0.783. The van der Waals surface area contributed by atoms with Gasteiger partial charge in [0.25, 0.3) is 0 Å². The van der Waals surface area contributed by atoms with E-state index in [0.29, 0.717) is 12.6 Å². The van der Waals surface area contributed by atoms with Gasteiger partial charge in [-0.2, -0.15) is 0 Å². The third-order valence-corrected chi connectivity index (χ3v) is 3.64. The highest BCUT2D eigenvalue weighted by atomic mass is 16.5. The van der Waals surface area contributed by atoms with Crippen LogP contribution in [0.15, 0.2) is 18.2 Å². The molecule has 0 spiro atoms. The largest absolute Gasteiger partial charge is 0.497 e. The van der Waals surface area contributed by atoms with E-state index in [1.807, 2.05) is 12.1 Å². The van der Waals surface area contributed by atoms with E-state index in [-0.39, 0.29) is 5.91 Å². The van der Waals surface area contributed by atoms with Crippen LogP contribution in [0.1, 0.15) is 12.0 Å². The fourth-order valence-electron chi connectivity index (χ4n) is 2.69. The number of carbonyl (C=O) groups is 1. The van der Waals surface area contributed by atoms with Crippen LogP contribution >= 0.6 is 0 Å². The molecule has 2 heterocycles. The van der Waals surface area contributed by atoms with E-state index >= 15 is 0 Å². The number of anilines is 1. The van der Waals surface area contributed by atoms with Crippen LogP contribution in [-0.2, 0) is 11.2 Å². The van der Waals surface area contributed by atoms with Gasteiger partial charge in [-0.05, 0) is 24.5 Å². The number of carbonyl (C=O) groups excluding carboxylic acids is 1. The van der Waals surface area contributed by atoms with E-state index in [1.54, 1.807) is 7.11 Å². The van der Waals surface area contributed by atoms with Crippen LogP contribution in [0.25, 0.3) is 0 Å². The molecule has 0 saturated carbocycles. The molecule has 1 aromatic rings. The molecule has 1 unspecified atom stereocenters. The molecule has 4 heteroatoms. The van der Waals surface area contributed by atoms with E-state index in [0.717, 1.165) is 30.8 Å². The van der Waals surface area contributed by atoms with Gasteiger partial charge in [0, 0.05) is 24.3 Å². The smallest absolute Gasteiger partial charge is 0.239 e. The summed E-state index contributed by atoms with van der Waals surface area (Å²) >= 11 is 0. The van der Waals surface area contributed by atoms with Gasteiger partial charge < -0.3 is 15.0 Å². The molecule has 2 aliphatic heterocycles. The first kappa shape index (κ1) is 10.4. The number of hydrogen-bond donors (Lipinski definition) is 1. The molecule has 0 bridgehead atoms. The van der Waals surface area contributed by atoms with Crippen molar-refractivity contribution in [2.75, 3.05) is 25.1 Å². The summed E-state index contributed by atoms with van der Waals surface area (Å²) in [6.45, 7) is 1.22. The Morgan fingerprint density at radius 2 is 2.35 bits per heavy atom. The second kappa shape index (κ2) is 3.95. The normalized spacial score (nSPS) is 22.5. The minimum Gasteiger partial charge on any atom is -0.497 e. The SMILES string of the molecule is COc1ccc2c(c1)N1CC(=O)NCC1CC2. The molecule has 4 nitrogen and oxygen atoms in total. The number of hydrogen-bond acceptors (Lipinski definition) is 3. The molecule has 0 radical (unpaired) electrons. The Kier molecular flexibility index (Phi) is 2.42. The molecule has 0 aliphatic carbocycles. The molecular formula is C13H16N2O2. The summed E-state index contributed by atoms with van der Waals surface area (Å²) in [4.78, 5) is 13.7. The van der Waals surface area contributed by atoms with Crippen molar-refractivity contribution in [3.8, 4) is 5.75 Å². The van der Waals surface area contributed by atoms with E-state index < -0.39 is 0 Å². The van der Waals surface area contributed by atoms with Gasteiger partial charge in [-0.15, -0.1) is 0 Å². The first-order valence-electron chi connectivity index (χ1n) is 5.98. The Labute approximate surface area is 101 Å². The zero-order valence-electron chi connectivity index (χ0n) is 9.90. The molecule has 1 amide bonds. The van der Waals surface area contributed by atoms with E-state index in [1.165, 1.54) is 5.56 Å². The van der Waals surface area contributed by atoms with Gasteiger partial charge in [0.2, 0.25) is 5.91 Å². The van der Waals surface area contributed by atoms with Crippen molar-refractivity contribution in [3.05, 3.63) is 23.8 Å². The fraction of sp³-hybridized carbons (Fsp3) is 0.462. The first-order chi connectivity index (χ1) is 8.28. The highest BCUT2D eigenvalue weighted by Crippen LogP contribution is 2.34. The highest BCUT2D eigenvalue weighted by Gasteiger charge is 2.31. The molecule has 17 heavy (non-hydrogen) atoms. The van der Waals surface area contributed by atoms with E-state index in [9.17, 15) is 4.79 Å². The summed E-state index contributed by atoms with van der Waals surface area (Å²) in [6, 6.07) is 6.58. The maximum Gasteiger partial charge on any atom is 0.239 e. The topological polar surface area (TPSA) is 41.6 Å². The third kappa shape index (κ3) is 1.73. The van der Waals surface area contributed by atoms with Gasteiger partial charge in [0.1, 0.15) is 5.75 Å². The maximum atomic E-state index is 11.5. The van der Waals surface area contributed by atoms with Crippen LogP contribution < -0.4 is 15.0 Å². The summed E-state index contributed by atoms with van der Waals surface area (Å²) in [5, 5.41) is 2.93. The zero-order valence-corrected chi connectivity index (χ0v) is 9.90. The Morgan fingerprint density at radius 3 is 3.18 bits per heavy atom. The zero-order chi connectivity index (χ0) is 11.8. The number of piperazine rings is 1. The Bertz CT molecular complexity index is 459. The van der Waals surface area contributed by atoms with Crippen molar-refractivity contribution in [2.24, 2.45) is 0 Å². The molecule has 1 saturated heterocycles. The maximum absolute atomic E-state index is 11.5. The third-order valence-electron chi connectivity index (χ3n) is 3.64. The second-order valence-electron chi connectivity index (χ2n) is 4.62. The average Bonchev–Trinajstić information content (AvgIpc) is 2.38. The molecule has 1 atom stereocenters. The van der Waals surface area contributed by atoms with Gasteiger partial charge in [0.05, 0.1) is 13.7 Å². The lowest BCUT2D eigenvalue weighted by Gasteiger charge is -2.41. The molecule has 1 fully saturated rings. The number of methoxy groups -OCH3 is 1. The lowest BCUT2D eigenvalue weighted by atomic mass is 9.94. The van der Waals surface area contributed by atoms with E-state index in [4.69, 9.17) is 4.74 Å². The standard InChI is InChI=1S/C13H16N2O2/c1-17-11-5-3-9-2-4-10-7-14-13(16)8-15(10)12(9)6-11/h3,5-6,10H,2,4,7-8H2,1H3,(H,14,16). The molecular weight excluding hydrogens is 216 g/mol. The van der Waals surface area contributed by atoms with Crippen molar-refractivity contribution < 1.29 is 9.53 Å². The predicted molar refractivity (Wildman–Crippen MR) is 65.5 cm³/mol. The number of aryl methyl sites for hydroxylation is 1. The van der Waals surface area contributed by atoms with Crippen LogP contribution in [0.4, 0.5) is 5.69 Å². The van der Waals surface area contributed by atoms with Gasteiger partial charge in [-0.3, -0.25) is 4.79 Å². The number of ether oxygens (including phenoxy) is 1. The van der Waals surface area contributed by atoms with Gasteiger partial charge in [-0.25, -0.2) is 0 Å². The van der Waals surface area contributed by atoms with E-state index in [2.05, 4.69) is 16.3 Å². The van der Waals surface area contributed by atoms with Gasteiger partial charge in [-0.1, -0.05) is 6.07 Å². The first-order valence-corrected chi connectivity index (χ1v) is 5.98. The Hall–Kier alpha value is -1.71. The van der Waals surface area contributed by atoms with Crippen molar-refractivity contribution >= 4 is 11.6 Å². The second-order valence-corrected chi connectivity index (χ2v) is 4.62. The number of amides is 1. The van der Waals surface area contributed by atoms with Gasteiger partial charge in [0.15, 0.2) is 0 Å². The number of benzene rings is 1. The summed E-state index contributed by atoms with van der Waals surface area (Å²) in [6.07, 6.45) is 2.19. The summed E-state index contributed by atoms with van der Waals surface area (Å²) < 4.78 is 5.26. The van der Waals surface area contributed by atoms with Crippen LogP contribution in [-0.4, -0.2) is 32.1 Å². The number of fused-ring (bicyclic) bond motifs is 3. The average molecular weight is 232 g/mol. The number of rotatable bonds is 1. The van der Waals surface area contributed by atoms with Crippen LogP contribution in [0, 0.1) is 0 Å². The molecule has 90 valence electrons. The Morgan fingerprint density at radius 1 is 1.47 bits per heavy atom. The van der Waals surface area contributed by atoms with Crippen molar-refractivity contribution in [1.82, 2.24) is 5.32 Å². The van der Waals surface area contributed by atoms with Gasteiger partial charge >= 0.3 is 0 Å². The number of nitrogens with zero attached hydrogens (tertiary/aromatic N) is 1. The fourth-order valence-corrected chi connectivity index (χ4v) is 2.69. The molecule has 1 aromatic carbocycles. The van der Waals surface area contributed by atoms with Crippen LogP contribution in [0.3, 0.4) is 0 Å². The minimum atomic E-state index is 0.108. The molecule has 0 aromatic heterocycles. The Balaban J connectivity index is 2.00. The number of nitrogens with one attached hydrogen (secondary N) is 1. The summed E-state index contributed by atoms with van der Waals surface area (Å²) in [5.74, 6) is 0.965. The molecule has 1 N–H and O–H groups in total. The molecule has 2 aliphatic rings.